The van der Waals surface area contributed by atoms with E-state index in [0.29, 0.717) is 51.0 Å². The van der Waals surface area contributed by atoms with Crippen molar-refractivity contribution < 1.29 is 18.6 Å². The number of anilines is 1. The predicted octanol–water partition coefficient (Wildman–Crippen LogP) is 2.25. The van der Waals surface area contributed by atoms with Gasteiger partial charge in [-0.3, -0.25) is 0 Å². The Morgan fingerprint density at radius 3 is 2.96 bits per heavy atom. The fourth-order valence-corrected chi connectivity index (χ4v) is 3.42. The highest BCUT2D eigenvalue weighted by Gasteiger charge is 2.23. The van der Waals surface area contributed by atoms with Crippen molar-refractivity contribution in [2.45, 2.75) is 12.8 Å². The van der Waals surface area contributed by atoms with Crippen molar-refractivity contribution >= 4 is 5.82 Å². The van der Waals surface area contributed by atoms with Crippen LogP contribution < -0.4 is 14.4 Å². The van der Waals surface area contributed by atoms with E-state index in [9.17, 15) is 4.39 Å². The molecule has 0 amide bonds. The lowest BCUT2D eigenvalue weighted by Crippen LogP contribution is -2.37. The van der Waals surface area contributed by atoms with E-state index in [1.54, 1.807) is 7.11 Å². The molecule has 1 atom stereocenters. The predicted molar refractivity (Wildman–Crippen MR) is 94.4 cm³/mol. The molecular weight excluding hydrogens is 337 g/mol. The average Bonchev–Trinajstić information content (AvgIpc) is 2.69. The number of methoxy groups -OCH3 is 1. The minimum absolute atomic E-state index is 0.263. The normalized spacial score (nSPS) is 19.6. The van der Waals surface area contributed by atoms with Crippen LogP contribution in [0.4, 0.5) is 10.2 Å². The number of nitrogens with zero attached hydrogens (tertiary/aromatic N) is 3. The molecule has 26 heavy (non-hydrogen) atoms. The number of rotatable bonds is 4. The number of halogens is 1. The van der Waals surface area contributed by atoms with Crippen LogP contribution in [0.5, 0.6) is 11.5 Å². The molecule has 138 valence electrons. The van der Waals surface area contributed by atoms with E-state index in [2.05, 4.69) is 9.97 Å². The van der Waals surface area contributed by atoms with Crippen LogP contribution in [0.25, 0.3) is 0 Å². The molecule has 7 heteroatoms. The summed E-state index contributed by atoms with van der Waals surface area (Å²) < 4.78 is 30.6. The number of aromatic nitrogens is 2. The molecule has 0 spiro atoms. The Hall–Kier alpha value is -2.41. The minimum atomic E-state index is -0.381. The molecule has 2 aliphatic rings. The standard InChI is InChI=1S/C19H22FN3O3/c1-24-15-3-2-14-8-13(12-26-17(14)10-15)9-18-21-11-16(20)19(22-18)23-4-6-25-7-5-23/h2-3,10-11,13H,4-9,12H2,1H3/t13-/m0/s1. The van der Waals surface area contributed by atoms with Crippen molar-refractivity contribution in [3.63, 3.8) is 0 Å². The van der Waals surface area contributed by atoms with Crippen LogP contribution in [-0.4, -0.2) is 50.0 Å². The Morgan fingerprint density at radius 1 is 1.31 bits per heavy atom. The largest absolute Gasteiger partial charge is 0.497 e. The number of benzene rings is 1. The second-order valence-electron chi connectivity index (χ2n) is 6.62. The van der Waals surface area contributed by atoms with Crippen molar-refractivity contribution in [2.24, 2.45) is 5.92 Å². The van der Waals surface area contributed by atoms with Crippen molar-refractivity contribution in [1.82, 2.24) is 9.97 Å². The van der Waals surface area contributed by atoms with Gasteiger partial charge in [-0.05, 0) is 18.1 Å². The first-order chi connectivity index (χ1) is 12.7. The van der Waals surface area contributed by atoms with Crippen LogP contribution in [0.1, 0.15) is 11.4 Å². The molecular formula is C19H22FN3O3. The summed E-state index contributed by atoms with van der Waals surface area (Å²) in [6.45, 7) is 3.07. The summed E-state index contributed by atoms with van der Waals surface area (Å²) in [5, 5.41) is 0. The molecule has 1 fully saturated rings. The summed E-state index contributed by atoms with van der Waals surface area (Å²) in [7, 11) is 1.64. The van der Waals surface area contributed by atoms with E-state index in [1.165, 1.54) is 6.20 Å². The van der Waals surface area contributed by atoms with Crippen LogP contribution in [0.2, 0.25) is 0 Å². The zero-order valence-corrected chi connectivity index (χ0v) is 14.8. The number of morpholine rings is 1. The van der Waals surface area contributed by atoms with Gasteiger partial charge in [0, 0.05) is 31.5 Å². The van der Waals surface area contributed by atoms with Gasteiger partial charge in [0.2, 0.25) is 0 Å². The summed E-state index contributed by atoms with van der Waals surface area (Å²) >= 11 is 0. The molecule has 6 nitrogen and oxygen atoms in total. The third kappa shape index (κ3) is 3.58. The molecule has 1 saturated heterocycles. The van der Waals surface area contributed by atoms with Crippen LogP contribution in [0.3, 0.4) is 0 Å². The van der Waals surface area contributed by atoms with Gasteiger partial charge in [0.25, 0.3) is 0 Å². The fourth-order valence-electron chi connectivity index (χ4n) is 3.42. The molecule has 4 rings (SSSR count). The maximum atomic E-state index is 14.2. The van der Waals surface area contributed by atoms with Crippen LogP contribution in [0.15, 0.2) is 24.4 Å². The Labute approximate surface area is 151 Å². The van der Waals surface area contributed by atoms with Gasteiger partial charge in [-0.15, -0.1) is 0 Å². The Morgan fingerprint density at radius 2 is 2.15 bits per heavy atom. The molecule has 2 aliphatic heterocycles. The van der Waals surface area contributed by atoms with Crippen LogP contribution in [0, 0.1) is 11.7 Å². The SMILES string of the molecule is COc1ccc2c(c1)OC[C@H](Cc1ncc(F)c(N3CCOCC3)n1)C2. The average molecular weight is 359 g/mol. The van der Waals surface area contributed by atoms with Gasteiger partial charge in [0.05, 0.1) is 33.1 Å². The molecule has 0 N–H and O–H groups in total. The first-order valence-electron chi connectivity index (χ1n) is 8.87. The molecule has 0 saturated carbocycles. The van der Waals surface area contributed by atoms with Crippen molar-refractivity contribution in [3.05, 3.63) is 41.6 Å². The summed E-state index contributed by atoms with van der Waals surface area (Å²) in [6, 6.07) is 5.89. The lowest BCUT2D eigenvalue weighted by Gasteiger charge is -2.28. The monoisotopic (exact) mass is 359 g/mol. The summed E-state index contributed by atoms with van der Waals surface area (Å²) in [4.78, 5) is 10.6. The van der Waals surface area contributed by atoms with Gasteiger partial charge in [-0.1, -0.05) is 6.07 Å². The second kappa shape index (κ2) is 7.45. The summed E-state index contributed by atoms with van der Waals surface area (Å²) in [6.07, 6.45) is 2.81. The van der Waals surface area contributed by atoms with E-state index in [4.69, 9.17) is 14.2 Å². The van der Waals surface area contributed by atoms with E-state index < -0.39 is 0 Å². The Bertz CT molecular complexity index is 781. The van der Waals surface area contributed by atoms with E-state index in [-0.39, 0.29) is 11.7 Å². The number of hydrogen-bond acceptors (Lipinski definition) is 6. The Balaban J connectivity index is 1.47. The highest BCUT2D eigenvalue weighted by molar-refractivity contribution is 5.42. The third-order valence-electron chi connectivity index (χ3n) is 4.81. The first kappa shape index (κ1) is 17.0. The van der Waals surface area contributed by atoms with Gasteiger partial charge >= 0.3 is 0 Å². The van der Waals surface area contributed by atoms with Crippen molar-refractivity contribution in [2.75, 3.05) is 44.9 Å². The van der Waals surface area contributed by atoms with Crippen molar-refractivity contribution in [1.29, 1.82) is 0 Å². The topological polar surface area (TPSA) is 56.7 Å². The quantitative estimate of drug-likeness (QED) is 0.835. The van der Waals surface area contributed by atoms with Gasteiger partial charge < -0.3 is 19.1 Å². The number of fused-ring (bicyclic) bond motifs is 1. The highest BCUT2D eigenvalue weighted by Crippen LogP contribution is 2.32. The second-order valence-corrected chi connectivity index (χ2v) is 6.62. The van der Waals surface area contributed by atoms with E-state index >= 15 is 0 Å². The van der Waals surface area contributed by atoms with Crippen molar-refractivity contribution in [3.8, 4) is 11.5 Å². The summed E-state index contributed by atoms with van der Waals surface area (Å²) in [5.74, 6) is 2.57. The molecule has 2 aromatic rings. The molecule has 0 unspecified atom stereocenters. The molecule has 0 aliphatic carbocycles. The maximum Gasteiger partial charge on any atom is 0.183 e. The van der Waals surface area contributed by atoms with E-state index in [0.717, 1.165) is 23.5 Å². The lowest BCUT2D eigenvalue weighted by atomic mass is 9.93. The zero-order chi connectivity index (χ0) is 17.9. The Kier molecular flexibility index (Phi) is 4.88. The third-order valence-corrected chi connectivity index (χ3v) is 4.81. The highest BCUT2D eigenvalue weighted by atomic mass is 19.1. The number of hydrogen-bond donors (Lipinski definition) is 0. The fraction of sp³-hybridized carbons (Fsp3) is 0.474. The molecule has 3 heterocycles. The van der Waals surface area contributed by atoms with E-state index in [1.807, 2.05) is 23.1 Å². The van der Waals surface area contributed by atoms with Crippen LogP contribution in [-0.2, 0) is 17.6 Å². The van der Waals surface area contributed by atoms with Crippen LogP contribution >= 0.6 is 0 Å². The number of ether oxygens (including phenoxy) is 3. The van der Waals surface area contributed by atoms with Gasteiger partial charge in [-0.2, -0.15) is 0 Å². The lowest BCUT2D eigenvalue weighted by molar-refractivity contribution is 0.122. The molecule has 0 bridgehead atoms. The molecule has 1 aromatic heterocycles. The van der Waals surface area contributed by atoms with Gasteiger partial charge in [-0.25, -0.2) is 14.4 Å². The summed E-state index contributed by atoms with van der Waals surface area (Å²) in [5.41, 5.74) is 1.15. The minimum Gasteiger partial charge on any atom is -0.497 e. The van der Waals surface area contributed by atoms with Gasteiger partial charge in [0.1, 0.15) is 17.3 Å². The maximum absolute atomic E-state index is 14.2. The first-order valence-corrected chi connectivity index (χ1v) is 8.87. The molecule has 1 aromatic carbocycles. The zero-order valence-electron chi connectivity index (χ0n) is 14.8. The van der Waals surface area contributed by atoms with Gasteiger partial charge in [0.15, 0.2) is 11.6 Å². The molecule has 0 radical (unpaired) electrons. The smallest absolute Gasteiger partial charge is 0.183 e.